The predicted octanol–water partition coefficient (Wildman–Crippen LogP) is 3.03. The van der Waals surface area contributed by atoms with Crippen LogP contribution in [0.2, 0.25) is 0 Å². The van der Waals surface area contributed by atoms with E-state index >= 15 is 0 Å². The summed E-state index contributed by atoms with van der Waals surface area (Å²) in [5.74, 6) is 2.98. The fourth-order valence-electron chi connectivity index (χ4n) is 4.14. The number of carbonyl (C=O) groups is 1. The van der Waals surface area contributed by atoms with Crippen LogP contribution in [0.25, 0.3) is 5.82 Å². The van der Waals surface area contributed by atoms with Gasteiger partial charge in [-0.3, -0.25) is 4.79 Å². The van der Waals surface area contributed by atoms with E-state index in [4.69, 9.17) is 0 Å². The Kier molecular flexibility index (Phi) is 3.41. The number of pyridine rings is 1. The van der Waals surface area contributed by atoms with E-state index in [1.165, 1.54) is 25.7 Å². The molecule has 0 saturated heterocycles. The van der Waals surface area contributed by atoms with Crippen LogP contribution in [0, 0.1) is 17.8 Å². The first-order valence-corrected chi connectivity index (χ1v) is 8.04. The molecule has 0 spiro atoms. The molecule has 1 amide bonds. The van der Waals surface area contributed by atoms with Crippen molar-refractivity contribution in [1.82, 2.24) is 14.8 Å². The third-order valence-electron chi connectivity index (χ3n) is 5.11. The number of nitrogens with one attached hydrogen (secondary N) is 1. The zero-order chi connectivity index (χ0) is 14.9. The molecule has 5 nitrogen and oxygen atoms in total. The number of fused-ring (bicyclic) bond motifs is 2. The van der Waals surface area contributed by atoms with Crippen molar-refractivity contribution in [3.8, 4) is 5.82 Å². The Morgan fingerprint density at radius 2 is 2.23 bits per heavy atom. The number of nitrogens with zero attached hydrogens (tertiary/aromatic N) is 3. The van der Waals surface area contributed by atoms with Crippen molar-refractivity contribution in [3.05, 3.63) is 36.8 Å². The van der Waals surface area contributed by atoms with Crippen LogP contribution in [-0.2, 0) is 4.79 Å². The molecule has 2 heterocycles. The number of carbonyl (C=O) groups excluding carboxylic acids is 1. The van der Waals surface area contributed by atoms with Gasteiger partial charge in [-0.05, 0) is 55.2 Å². The summed E-state index contributed by atoms with van der Waals surface area (Å²) < 4.78 is 1.67. The van der Waals surface area contributed by atoms with E-state index < -0.39 is 0 Å². The molecule has 5 heteroatoms. The number of anilines is 1. The van der Waals surface area contributed by atoms with Gasteiger partial charge in [0, 0.05) is 25.0 Å². The molecule has 114 valence electrons. The van der Waals surface area contributed by atoms with E-state index in [-0.39, 0.29) is 5.91 Å². The predicted molar refractivity (Wildman–Crippen MR) is 83.5 cm³/mol. The first kappa shape index (κ1) is 13.5. The van der Waals surface area contributed by atoms with Gasteiger partial charge in [-0.1, -0.05) is 6.42 Å². The van der Waals surface area contributed by atoms with Gasteiger partial charge in [-0.15, -0.1) is 0 Å². The largest absolute Gasteiger partial charge is 0.323 e. The van der Waals surface area contributed by atoms with Gasteiger partial charge in [0.2, 0.25) is 5.91 Å². The van der Waals surface area contributed by atoms with Gasteiger partial charge in [0.05, 0.1) is 5.69 Å². The molecular formula is C17H20N4O. The van der Waals surface area contributed by atoms with Gasteiger partial charge in [0.15, 0.2) is 5.82 Å². The molecule has 22 heavy (non-hydrogen) atoms. The second kappa shape index (κ2) is 5.55. The van der Waals surface area contributed by atoms with Gasteiger partial charge in [-0.25, -0.2) is 9.67 Å². The topological polar surface area (TPSA) is 59.8 Å². The average Bonchev–Trinajstić information content (AvgIpc) is 3.25. The maximum atomic E-state index is 12.4. The summed E-state index contributed by atoms with van der Waals surface area (Å²) in [7, 11) is 0. The Labute approximate surface area is 129 Å². The summed E-state index contributed by atoms with van der Waals surface area (Å²) in [4.78, 5) is 16.7. The molecule has 2 fully saturated rings. The Balaban J connectivity index is 1.46. The molecule has 0 radical (unpaired) electrons. The lowest BCUT2D eigenvalue weighted by molar-refractivity contribution is -0.117. The van der Waals surface area contributed by atoms with Crippen molar-refractivity contribution in [2.24, 2.45) is 17.8 Å². The lowest BCUT2D eigenvalue weighted by Crippen LogP contribution is -2.21. The molecule has 2 aromatic rings. The number of amides is 1. The van der Waals surface area contributed by atoms with Gasteiger partial charge in [0.1, 0.15) is 0 Å². The van der Waals surface area contributed by atoms with Crippen molar-refractivity contribution < 1.29 is 4.79 Å². The highest BCUT2D eigenvalue weighted by atomic mass is 16.1. The summed E-state index contributed by atoms with van der Waals surface area (Å²) >= 11 is 0. The van der Waals surface area contributed by atoms with E-state index in [9.17, 15) is 4.79 Å². The number of aromatic nitrogens is 3. The fourth-order valence-corrected chi connectivity index (χ4v) is 4.14. The second-order valence-corrected chi connectivity index (χ2v) is 6.51. The Morgan fingerprint density at radius 1 is 1.27 bits per heavy atom. The van der Waals surface area contributed by atoms with E-state index in [0.29, 0.717) is 18.2 Å². The lowest BCUT2D eigenvalue weighted by Gasteiger charge is -2.21. The molecule has 0 aromatic carbocycles. The van der Waals surface area contributed by atoms with Crippen molar-refractivity contribution in [2.45, 2.75) is 32.1 Å². The molecule has 2 aromatic heterocycles. The summed E-state index contributed by atoms with van der Waals surface area (Å²) in [6, 6.07) is 5.55. The van der Waals surface area contributed by atoms with Crippen LogP contribution in [0.1, 0.15) is 32.1 Å². The Hall–Kier alpha value is -2.17. The van der Waals surface area contributed by atoms with Crippen LogP contribution in [0.4, 0.5) is 5.69 Å². The van der Waals surface area contributed by atoms with Gasteiger partial charge < -0.3 is 5.32 Å². The second-order valence-electron chi connectivity index (χ2n) is 6.51. The standard InChI is InChI=1S/C17H20N4O/c22-16(11-14-10-12-4-5-13(14)9-12)20-15-3-1-6-18-17(15)21-8-2-7-19-21/h1-3,6-8,12-14H,4-5,9-11H2,(H,20,22)/t12-,13-,14-/m0/s1. The highest BCUT2D eigenvalue weighted by molar-refractivity contribution is 5.92. The first-order chi connectivity index (χ1) is 10.8. The highest BCUT2D eigenvalue weighted by Gasteiger charge is 2.40. The Morgan fingerprint density at radius 3 is 2.95 bits per heavy atom. The molecule has 2 aliphatic carbocycles. The molecule has 1 N–H and O–H groups in total. The summed E-state index contributed by atoms with van der Waals surface area (Å²) in [5.41, 5.74) is 0.722. The van der Waals surface area contributed by atoms with E-state index in [1.54, 1.807) is 17.1 Å². The molecule has 4 rings (SSSR count). The minimum Gasteiger partial charge on any atom is -0.323 e. The van der Waals surface area contributed by atoms with Crippen LogP contribution >= 0.6 is 0 Å². The number of hydrogen-bond acceptors (Lipinski definition) is 3. The van der Waals surface area contributed by atoms with Crippen LogP contribution in [0.5, 0.6) is 0 Å². The van der Waals surface area contributed by atoms with Crippen LogP contribution < -0.4 is 5.32 Å². The van der Waals surface area contributed by atoms with Crippen molar-refractivity contribution in [1.29, 1.82) is 0 Å². The van der Waals surface area contributed by atoms with Crippen LogP contribution in [0.3, 0.4) is 0 Å². The molecular weight excluding hydrogens is 276 g/mol. The van der Waals surface area contributed by atoms with Gasteiger partial charge in [0.25, 0.3) is 0 Å². The van der Waals surface area contributed by atoms with Crippen molar-refractivity contribution in [3.63, 3.8) is 0 Å². The number of hydrogen-bond donors (Lipinski definition) is 1. The van der Waals surface area contributed by atoms with Gasteiger partial charge >= 0.3 is 0 Å². The first-order valence-electron chi connectivity index (χ1n) is 8.04. The zero-order valence-electron chi connectivity index (χ0n) is 12.5. The molecule has 2 saturated carbocycles. The summed E-state index contributed by atoms with van der Waals surface area (Å²) in [5, 5.41) is 7.21. The van der Waals surface area contributed by atoms with E-state index in [2.05, 4.69) is 15.4 Å². The third-order valence-corrected chi connectivity index (χ3v) is 5.11. The monoisotopic (exact) mass is 296 g/mol. The third kappa shape index (κ3) is 2.51. The minimum atomic E-state index is 0.0963. The normalized spacial score (nSPS) is 26.3. The number of rotatable bonds is 4. The highest BCUT2D eigenvalue weighted by Crippen LogP contribution is 2.49. The molecule has 0 unspecified atom stereocenters. The van der Waals surface area contributed by atoms with Crippen LogP contribution in [0.15, 0.2) is 36.8 Å². The van der Waals surface area contributed by atoms with E-state index in [1.807, 2.05) is 24.4 Å². The average molecular weight is 296 g/mol. The lowest BCUT2D eigenvalue weighted by atomic mass is 9.86. The van der Waals surface area contributed by atoms with Crippen molar-refractivity contribution >= 4 is 11.6 Å². The molecule has 0 aliphatic heterocycles. The summed E-state index contributed by atoms with van der Waals surface area (Å²) in [6.07, 6.45) is 11.1. The quantitative estimate of drug-likeness (QED) is 0.943. The van der Waals surface area contributed by atoms with E-state index in [0.717, 1.165) is 17.5 Å². The fraction of sp³-hybridized carbons (Fsp3) is 0.471. The maximum Gasteiger partial charge on any atom is 0.224 e. The van der Waals surface area contributed by atoms with Crippen LogP contribution in [-0.4, -0.2) is 20.7 Å². The minimum absolute atomic E-state index is 0.0963. The Bertz CT molecular complexity index is 667. The van der Waals surface area contributed by atoms with Gasteiger partial charge in [-0.2, -0.15) is 5.10 Å². The molecule has 2 bridgehead atoms. The summed E-state index contributed by atoms with van der Waals surface area (Å²) in [6.45, 7) is 0. The van der Waals surface area contributed by atoms with Crippen molar-refractivity contribution in [2.75, 3.05) is 5.32 Å². The maximum absolute atomic E-state index is 12.4. The zero-order valence-corrected chi connectivity index (χ0v) is 12.5. The smallest absolute Gasteiger partial charge is 0.224 e. The molecule has 2 aliphatic rings. The molecule has 3 atom stereocenters. The SMILES string of the molecule is O=C(C[C@@H]1C[C@H]2CC[C@H]1C2)Nc1cccnc1-n1cccn1.